The van der Waals surface area contributed by atoms with Gasteiger partial charge in [0, 0.05) is 0 Å². The highest BCUT2D eigenvalue weighted by Gasteiger charge is 2.39. The van der Waals surface area contributed by atoms with Gasteiger partial charge in [-0.3, -0.25) is 0 Å². The van der Waals surface area contributed by atoms with Crippen LogP contribution >= 0.6 is 0 Å². The summed E-state index contributed by atoms with van der Waals surface area (Å²) in [5, 5.41) is 0. The number of rotatable bonds is 54. The minimum Gasteiger partial charge on any atom is -0.0622 e. The second-order valence-corrected chi connectivity index (χ2v) is 41.2. The third-order valence-electron chi connectivity index (χ3n) is 32.3. The van der Waals surface area contributed by atoms with Crippen LogP contribution in [0.2, 0.25) is 0 Å². The molecular formula is C142H149. The molecule has 17 rings (SSSR count). The van der Waals surface area contributed by atoms with Gasteiger partial charge in [-0.1, -0.05) is 542 Å². The third kappa shape index (κ3) is 28.8. The summed E-state index contributed by atoms with van der Waals surface area (Å²) in [6, 6.07) is 195. The minimum atomic E-state index is 0.180. The fourth-order valence-electron chi connectivity index (χ4n) is 24.9. The molecule has 142 heavy (non-hydrogen) atoms. The van der Waals surface area contributed by atoms with E-state index in [2.05, 4.69) is 517 Å². The van der Waals surface area contributed by atoms with Crippen LogP contribution in [0.3, 0.4) is 0 Å². The molecule has 1 radical (unpaired) electrons. The molecule has 0 aliphatic carbocycles. The summed E-state index contributed by atoms with van der Waals surface area (Å²) in [4.78, 5) is 0. The number of benzene rings is 17. The van der Waals surface area contributed by atoms with E-state index in [1.54, 1.807) is 0 Å². The molecule has 0 N–H and O–H groups in total. The van der Waals surface area contributed by atoms with Crippen LogP contribution in [0.25, 0.3) is 0 Å². The van der Waals surface area contributed by atoms with Crippen molar-refractivity contribution in [2.24, 2.45) is 0 Å². The lowest BCUT2D eigenvalue weighted by Gasteiger charge is -2.38. The highest BCUT2D eigenvalue weighted by Crippen LogP contribution is 2.55. The summed E-state index contributed by atoms with van der Waals surface area (Å²) in [5.41, 5.74) is 27.2. The number of hydrogen-bond donors (Lipinski definition) is 0. The Balaban J connectivity index is 0.658. The molecule has 0 saturated carbocycles. The van der Waals surface area contributed by atoms with E-state index in [4.69, 9.17) is 0 Å². The van der Waals surface area contributed by atoms with Gasteiger partial charge < -0.3 is 0 Å². The molecule has 0 nitrogen and oxygen atoms in total. The van der Waals surface area contributed by atoms with Crippen LogP contribution in [0.1, 0.15) is 329 Å². The molecule has 0 aliphatic rings. The van der Waals surface area contributed by atoms with Crippen molar-refractivity contribution < 1.29 is 0 Å². The Morgan fingerprint density at radius 3 is 0.690 bits per heavy atom. The van der Waals surface area contributed by atoms with Crippen molar-refractivity contribution >= 4 is 0 Å². The van der Waals surface area contributed by atoms with Gasteiger partial charge in [-0.2, -0.15) is 0 Å². The van der Waals surface area contributed by atoms with E-state index in [9.17, 15) is 0 Å². The number of hydrogen-bond acceptors (Lipinski definition) is 0. The molecule has 0 spiro atoms. The molecule has 0 amide bonds. The summed E-state index contributed by atoms with van der Waals surface area (Å²) in [5.74, 6) is 4.24. The fraction of sp³-hybridized carbons (Fsp3) is 0.282. The Bertz CT molecular complexity index is 6290. The monoisotopic (exact) mass is 1850 g/mol. The van der Waals surface area contributed by atoms with Gasteiger partial charge in [0.25, 0.3) is 0 Å². The SMILES string of the molecule is Cc1ccc(CCC(c2ccccc2)C(CC(c2ccccc2)C(CCC(CC(c2ccccc2)C(CCC(CC(c2ccccc2)C(CC(c2ccccc2)C(CCCCC(CCC(CCCCCCC(Cc2cc[c]cc2)c2ccccc2)c2ccccc2)c2ccccc2)c2ccccc2)c2ccccc2)c2ccccc2)c2ccccc2)c2ccccc2)c2ccccc2)c2ccccc2)c(C)c1. The first kappa shape index (κ1) is 100. The van der Waals surface area contributed by atoms with Crippen LogP contribution in [0.5, 0.6) is 0 Å². The van der Waals surface area contributed by atoms with Crippen molar-refractivity contribution in [3.05, 3.63) is 609 Å². The van der Waals surface area contributed by atoms with Gasteiger partial charge in [-0.25, -0.2) is 0 Å². The Hall–Kier alpha value is -13.3. The molecule has 0 bridgehead atoms. The van der Waals surface area contributed by atoms with Crippen molar-refractivity contribution in [2.75, 3.05) is 0 Å². The molecular weight excluding hydrogens is 1710 g/mol. The zero-order valence-electron chi connectivity index (χ0n) is 84.3. The van der Waals surface area contributed by atoms with Crippen LogP contribution in [0.4, 0.5) is 0 Å². The second-order valence-electron chi connectivity index (χ2n) is 41.2. The maximum Gasteiger partial charge on any atom is -0.00868 e. The van der Waals surface area contributed by atoms with E-state index < -0.39 is 0 Å². The maximum atomic E-state index is 3.24. The van der Waals surface area contributed by atoms with Gasteiger partial charge in [-0.15, -0.1) is 0 Å². The summed E-state index contributed by atoms with van der Waals surface area (Å²) in [7, 11) is 0. The normalized spacial score (nSPS) is 14.8. The van der Waals surface area contributed by atoms with Crippen molar-refractivity contribution in [1.82, 2.24) is 0 Å². The largest absolute Gasteiger partial charge is 0.0622 e. The Kier molecular flexibility index (Phi) is 38.2. The minimum absolute atomic E-state index is 0.180. The second kappa shape index (κ2) is 54.1. The van der Waals surface area contributed by atoms with Crippen LogP contribution < -0.4 is 0 Å². The predicted molar refractivity (Wildman–Crippen MR) is 603 cm³/mol. The molecule has 0 aromatic heterocycles. The van der Waals surface area contributed by atoms with Gasteiger partial charge >= 0.3 is 0 Å². The van der Waals surface area contributed by atoms with Crippen molar-refractivity contribution in [3.63, 3.8) is 0 Å². The lowest BCUT2D eigenvalue weighted by molar-refractivity contribution is 0.348. The van der Waals surface area contributed by atoms with Gasteiger partial charge in [-0.05, 0) is 318 Å². The van der Waals surface area contributed by atoms with E-state index >= 15 is 0 Å². The van der Waals surface area contributed by atoms with E-state index in [1.807, 2.05) is 0 Å². The average Bonchev–Trinajstić information content (AvgIpc) is 0.790. The fourth-order valence-corrected chi connectivity index (χ4v) is 24.9. The highest BCUT2D eigenvalue weighted by molar-refractivity contribution is 5.42. The molecule has 717 valence electrons. The molecule has 0 aliphatic heterocycles. The van der Waals surface area contributed by atoms with Crippen molar-refractivity contribution in [1.29, 1.82) is 0 Å². The summed E-state index contributed by atoms with van der Waals surface area (Å²) in [6.45, 7) is 4.54. The molecule has 0 heteroatoms. The summed E-state index contributed by atoms with van der Waals surface area (Å²) >= 11 is 0. The van der Waals surface area contributed by atoms with E-state index in [0.29, 0.717) is 17.8 Å². The van der Waals surface area contributed by atoms with Gasteiger partial charge in [0.05, 0.1) is 0 Å². The zero-order valence-corrected chi connectivity index (χ0v) is 84.3. The van der Waals surface area contributed by atoms with E-state index in [-0.39, 0.29) is 71.0 Å². The Labute approximate surface area is 853 Å². The maximum absolute atomic E-state index is 3.24. The molecule has 17 aromatic carbocycles. The van der Waals surface area contributed by atoms with E-state index in [0.717, 1.165) is 83.5 Å². The smallest absolute Gasteiger partial charge is 0.00868 e. The Morgan fingerprint density at radius 2 is 0.387 bits per heavy atom. The molecule has 17 aromatic rings. The average molecular weight is 1860 g/mol. The van der Waals surface area contributed by atoms with E-state index in [1.165, 1.54) is 170 Å². The standard InChI is InChI=1S/C142H149/c1-109-93-94-112(110(2)103-109)97-100-135(122-75-39-13-40-76-122)140(127-85-49-18-50-86-127)107-141(128-87-51-19-52-88-128)136(123-77-41-14-42-78-123)102-99-131(116-65-31-9-32-66-116)105-137(124-79-43-15-44-80-124)134(121-73-37-12-38-74-121)101-98-132(117-67-33-10-34-68-117)106-138(125-81-45-16-46-82-125)142(129-89-53-20-54-90-129)108-139(126-83-47-17-48-84-126)133(120-71-35-11-36-72-120)92-56-55-70-119(114-61-27-7-28-62-114)96-95-118(113-59-25-6-26-60-113)69-23-3-4-24-91-130(115-63-29-8-30-64-115)104-111-57-21-5-22-58-111/h6-22,25-54,57-68,71-90,93-94,103,118-119,130-142H,3-4,23-24,55-56,69-70,91-92,95-102,104-108H2,1-2H3. The highest BCUT2D eigenvalue weighted by atomic mass is 14.4. The van der Waals surface area contributed by atoms with Crippen LogP contribution in [-0.4, -0.2) is 0 Å². The van der Waals surface area contributed by atoms with Gasteiger partial charge in [0.15, 0.2) is 0 Å². The summed E-state index contributed by atoms with van der Waals surface area (Å²) in [6.07, 6.45) is 25.8. The zero-order chi connectivity index (χ0) is 96.6. The van der Waals surface area contributed by atoms with Crippen molar-refractivity contribution in [2.45, 2.75) is 250 Å². The first-order chi connectivity index (χ1) is 70.3. The van der Waals surface area contributed by atoms with Crippen molar-refractivity contribution in [3.8, 4) is 0 Å². The van der Waals surface area contributed by atoms with Gasteiger partial charge in [0.2, 0.25) is 0 Å². The molecule has 0 heterocycles. The molecule has 15 unspecified atom stereocenters. The molecule has 0 fully saturated rings. The Morgan fingerprint density at radius 1 is 0.169 bits per heavy atom. The first-order valence-electron chi connectivity index (χ1n) is 54.1. The third-order valence-corrected chi connectivity index (χ3v) is 32.3. The summed E-state index contributed by atoms with van der Waals surface area (Å²) < 4.78 is 0. The molecule has 0 saturated heterocycles. The lowest BCUT2D eigenvalue weighted by atomic mass is 9.66. The predicted octanol–water partition coefficient (Wildman–Crippen LogP) is 38.8. The number of unbranched alkanes of at least 4 members (excludes halogenated alkanes) is 4. The molecule has 15 atom stereocenters. The van der Waals surface area contributed by atoms with Gasteiger partial charge in [0.1, 0.15) is 0 Å². The quantitative estimate of drug-likeness (QED) is 0.0333. The van der Waals surface area contributed by atoms with Crippen LogP contribution in [-0.2, 0) is 12.8 Å². The van der Waals surface area contributed by atoms with Crippen LogP contribution in [0, 0.1) is 19.9 Å². The van der Waals surface area contributed by atoms with Crippen LogP contribution in [0.15, 0.2) is 497 Å². The lowest BCUT2D eigenvalue weighted by Crippen LogP contribution is -2.22. The first-order valence-corrected chi connectivity index (χ1v) is 54.1. The number of aryl methyl sites for hydroxylation is 3. The topological polar surface area (TPSA) is 0 Å².